The second-order valence-corrected chi connectivity index (χ2v) is 17.6. The van der Waals surface area contributed by atoms with Gasteiger partial charge < -0.3 is 15.2 Å². The normalized spacial score (nSPS) is 18.7. The van der Waals surface area contributed by atoms with Gasteiger partial charge in [-0.3, -0.25) is 0 Å². The molecule has 0 unspecified atom stereocenters. The molecule has 1 aliphatic heterocycles. The van der Waals surface area contributed by atoms with Gasteiger partial charge in [-0.2, -0.15) is 0 Å². The molecule has 0 bridgehead atoms. The number of amidine groups is 1. The molecule has 0 amide bonds. The van der Waals surface area contributed by atoms with Gasteiger partial charge in [-0.25, -0.2) is 4.99 Å². The highest BCUT2D eigenvalue weighted by atomic mass is 15.1. The van der Waals surface area contributed by atoms with Gasteiger partial charge in [0.15, 0.2) is 0 Å². The molecular weight excluding hydrogens is 717 g/mol. The van der Waals surface area contributed by atoms with Crippen LogP contribution >= 0.6 is 0 Å². The van der Waals surface area contributed by atoms with E-state index in [0.717, 1.165) is 42.1 Å². The van der Waals surface area contributed by atoms with E-state index in [2.05, 4.69) is 136 Å². The van der Waals surface area contributed by atoms with Crippen molar-refractivity contribution in [3.63, 3.8) is 0 Å². The first-order chi connectivity index (χ1) is 28.6. The summed E-state index contributed by atoms with van der Waals surface area (Å²) < 4.78 is 2.49. The van der Waals surface area contributed by atoms with E-state index in [1.165, 1.54) is 132 Å². The van der Waals surface area contributed by atoms with Crippen molar-refractivity contribution >= 4 is 38.8 Å². The molecule has 1 saturated heterocycles. The minimum atomic E-state index is 0.621. The number of aryl methyl sites for hydroxylation is 2. The van der Waals surface area contributed by atoms with Crippen LogP contribution in [0.15, 0.2) is 102 Å². The molecule has 2 aliphatic carbocycles. The van der Waals surface area contributed by atoms with Crippen molar-refractivity contribution in [2.24, 2.45) is 28.5 Å². The van der Waals surface area contributed by atoms with Gasteiger partial charge in [-0.05, 0) is 147 Å². The van der Waals surface area contributed by atoms with Crippen molar-refractivity contribution in [3.8, 4) is 5.69 Å². The van der Waals surface area contributed by atoms with Crippen LogP contribution < -0.4 is 10.6 Å². The van der Waals surface area contributed by atoms with Crippen LogP contribution in [0.3, 0.4) is 0 Å². The molecule has 4 nitrogen and oxygen atoms in total. The molecule has 8 rings (SSSR count). The van der Waals surface area contributed by atoms with Gasteiger partial charge in [0.05, 0.1) is 11.2 Å². The third kappa shape index (κ3) is 11.6. The fraction of sp³-hybridized carbons (Fsp3) is 0.473. The first-order valence-electron chi connectivity index (χ1n) is 23.1. The molecule has 0 atom stereocenters. The van der Waals surface area contributed by atoms with Crippen molar-refractivity contribution in [2.45, 2.75) is 139 Å². The van der Waals surface area contributed by atoms with Gasteiger partial charge >= 0.3 is 0 Å². The zero-order valence-corrected chi connectivity index (χ0v) is 38.3. The Bertz CT molecular complexity index is 2150. The molecule has 3 aliphatic rings. The van der Waals surface area contributed by atoms with Crippen LogP contribution in [0, 0.1) is 31.6 Å². The molecule has 2 heterocycles. The number of anilines is 1. The second kappa shape index (κ2) is 22.2. The molecule has 0 radical (unpaired) electrons. The smallest absolute Gasteiger partial charge is 0.104 e. The fourth-order valence-electron chi connectivity index (χ4n) is 9.24. The number of piperidine rings is 1. The van der Waals surface area contributed by atoms with Gasteiger partial charge in [0.25, 0.3) is 0 Å². The van der Waals surface area contributed by atoms with Crippen molar-refractivity contribution in [3.05, 3.63) is 125 Å². The molecule has 3 fully saturated rings. The lowest BCUT2D eigenvalue weighted by Crippen LogP contribution is -2.29. The van der Waals surface area contributed by atoms with E-state index >= 15 is 0 Å². The lowest BCUT2D eigenvalue weighted by molar-refractivity contribution is 0.308. The molecule has 2 N–H and O–H groups in total. The number of allylic oxidation sites excluding steroid dienone is 3. The molecule has 1 aromatic heterocycles. The van der Waals surface area contributed by atoms with Crippen LogP contribution in [0.5, 0.6) is 0 Å². The summed E-state index contributed by atoms with van der Waals surface area (Å²) in [6.07, 6.45) is 17.5. The maximum atomic E-state index is 6.68. The Hall–Kier alpha value is -4.57. The van der Waals surface area contributed by atoms with Gasteiger partial charge in [-0.1, -0.05) is 127 Å². The van der Waals surface area contributed by atoms with Crippen molar-refractivity contribution < 1.29 is 0 Å². The Kier molecular flexibility index (Phi) is 17.1. The number of aliphatic imine (C=N–C) groups is 1. The molecule has 316 valence electrons. The zero-order valence-electron chi connectivity index (χ0n) is 38.3. The van der Waals surface area contributed by atoms with E-state index in [-0.39, 0.29) is 0 Å². The molecule has 4 aromatic carbocycles. The lowest BCUT2D eigenvalue weighted by Gasteiger charge is -2.29. The zero-order chi connectivity index (χ0) is 42.5. The van der Waals surface area contributed by atoms with Crippen molar-refractivity contribution in [1.82, 2.24) is 4.57 Å². The average Bonchev–Trinajstić information content (AvgIpc) is 3.53. The highest BCUT2D eigenvalue weighted by Gasteiger charge is 2.23. The summed E-state index contributed by atoms with van der Waals surface area (Å²) in [4.78, 5) is 7.56. The highest BCUT2D eigenvalue weighted by Crippen LogP contribution is 2.39. The van der Waals surface area contributed by atoms with Crippen LogP contribution in [0.1, 0.15) is 141 Å². The van der Waals surface area contributed by atoms with Crippen molar-refractivity contribution in [2.75, 3.05) is 18.0 Å². The van der Waals surface area contributed by atoms with Crippen LogP contribution in [-0.4, -0.2) is 23.5 Å². The molecule has 2 saturated carbocycles. The van der Waals surface area contributed by atoms with Crippen LogP contribution in [-0.2, 0) is 12.8 Å². The molecule has 0 spiro atoms. The number of nitrogens with zero attached hydrogens (tertiary/aromatic N) is 3. The summed E-state index contributed by atoms with van der Waals surface area (Å²) in [5.74, 6) is 3.51. The van der Waals surface area contributed by atoms with Crippen LogP contribution in [0.2, 0.25) is 0 Å². The number of aromatic nitrogens is 1. The van der Waals surface area contributed by atoms with Gasteiger partial charge in [-0.15, -0.1) is 6.58 Å². The largest absolute Gasteiger partial charge is 0.387 e. The number of hydrogen-bond acceptors (Lipinski definition) is 2. The van der Waals surface area contributed by atoms with Crippen LogP contribution in [0.4, 0.5) is 5.69 Å². The third-order valence-electron chi connectivity index (χ3n) is 12.9. The molecule has 5 aromatic rings. The summed E-state index contributed by atoms with van der Waals surface area (Å²) in [6, 6.07) is 29.1. The van der Waals surface area contributed by atoms with Crippen molar-refractivity contribution in [1.29, 1.82) is 0 Å². The Morgan fingerprint density at radius 1 is 0.763 bits per heavy atom. The van der Waals surface area contributed by atoms with E-state index in [9.17, 15) is 0 Å². The molecule has 59 heavy (non-hydrogen) atoms. The number of fused-ring (bicyclic) bond motifs is 2. The predicted molar refractivity (Wildman–Crippen MR) is 261 cm³/mol. The minimum absolute atomic E-state index is 0.621. The first-order valence-corrected chi connectivity index (χ1v) is 23.1. The molecular formula is C55H76N4. The summed E-state index contributed by atoms with van der Waals surface area (Å²) in [7, 11) is 0. The monoisotopic (exact) mass is 793 g/mol. The SMILES string of the molecule is C/C(N=C(N)Cc1cccc2ccccc12)=C(\C)c1c(C)c2cc(CC3CCC3)cc(C)c2n1-c1ccc(N2CCCCC2)cc1.C=CC.CC.CC1CCC(C)CC1. The standard InChI is InChI=1S/C42H48N4.C8H16.C3H6.C2H6/c1-28-24-33(25-32-12-10-13-32)26-39-30(3)42(46(41(28)39)37-20-18-36(19-21-37)45-22-8-5-9-23-45)29(2)31(4)44-40(43)27-35-16-11-15-34-14-6-7-17-38(34)35;1-7-3-5-8(2)6-4-7;1-3-2;1-2/h6-7,11,14-21,24,26,32H,5,8-10,12-13,22-23,25,27H2,1-4H3,(H2,43,44);7-8H,3-6H2,1-2H3;3H,1H2,2H3;1-2H3/b31-29-;;;. The quantitative estimate of drug-likeness (QED) is 0.0966. The summed E-state index contributed by atoms with van der Waals surface area (Å²) in [5.41, 5.74) is 19.2. The first kappa shape index (κ1) is 45.5. The predicted octanol–water partition coefficient (Wildman–Crippen LogP) is 15.1. The minimum Gasteiger partial charge on any atom is -0.387 e. The van der Waals surface area contributed by atoms with E-state index in [4.69, 9.17) is 10.7 Å². The number of nitrogens with two attached hydrogens (primary N) is 1. The maximum Gasteiger partial charge on any atom is 0.104 e. The van der Waals surface area contributed by atoms with Gasteiger partial charge in [0.1, 0.15) is 5.84 Å². The van der Waals surface area contributed by atoms with Gasteiger partial charge in [0.2, 0.25) is 0 Å². The van der Waals surface area contributed by atoms with Crippen LogP contribution in [0.25, 0.3) is 32.9 Å². The van der Waals surface area contributed by atoms with E-state index in [1.54, 1.807) is 6.08 Å². The Morgan fingerprint density at radius 2 is 1.36 bits per heavy atom. The Labute approximate surface area is 358 Å². The van der Waals surface area contributed by atoms with E-state index in [1.807, 2.05) is 20.8 Å². The third-order valence-corrected chi connectivity index (χ3v) is 12.9. The summed E-state index contributed by atoms with van der Waals surface area (Å²) in [6.45, 7) is 25.2. The maximum absolute atomic E-state index is 6.68. The number of hydrogen-bond donors (Lipinski definition) is 1. The van der Waals surface area contributed by atoms with Gasteiger partial charge in [0, 0.05) is 42.0 Å². The number of benzene rings is 4. The fourth-order valence-corrected chi connectivity index (χ4v) is 9.24. The molecule has 4 heteroatoms. The van der Waals surface area contributed by atoms with E-state index in [0.29, 0.717) is 12.3 Å². The Balaban J connectivity index is 0.000000442. The highest BCUT2D eigenvalue weighted by molar-refractivity contribution is 5.96. The topological polar surface area (TPSA) is 46.5 Å². The Morgan fingerprint density at radius 3 is 1.97 bits per heavy atom. The van der Waals surface area contributed by atoms with E-state index < -0.39 is 0 Å². The summed E-state index contributed by atoms with van der Waals surface area (Å²) in [5, 5.41) is 3.82. The summed E-state index contributed by atoms with van der Waals surface area (Å²) >= 11 is 0. The number of rotatable bonds is 8. The lowest BCUT2D eigenvalue weighted by atomic mass is 9.80. The average molecular weight is 793 g/mol. The second-order valence-electron chi connectivity index (χ2n) is 17.6.